The predicted molar refractivity (Wildman–Crippen MR) is 69.9 cm³/mol. The van der Waals surface area contributed by atoms with Crippen LogP contribution in [-0.4, -0.2) is 56.8 Å². The molecule has 0 aliphatic carbocycles. The lowest BCUT2D eigenvalue weighted by Crippen LogP contribution is -2.36. The van der Waals surface area contributed by atoms with Gasteiger partial charge in [0.15, 0.2) is 5.69 Å². The average Bonchev–Trinajstić information content (AvgIpc) is 2.78. The van der Waals surface area contributed by atoms with Crippen LogP contribution >= 0.6 is 0 Å². The highest BCUT2D eigenvalue weighted by molar-refractivity contribution is 5.93. The zero-order chi connectivity index (χ0) is 14.1. The number of nitrogens with zero attached hydrogens (tertiary/aromatic N) is 3. The van der Waals surface area contributed by atoms with Gasteiger partial charge in [-0.05, 0) is 12.1 Å². The van der Waals surface area contributed by atoms with Gasteiger partial charge in [0, 0.05) is 13.1 Å². The largest absolute Gasteiger partial charge is 0.506 e. The van der Waals surface area contributed by atoms with E-state index in [2.05, 4.69) is 9.88 Å². The molecular weight excluding hydrogens is 262 g/mol. The van der Waals surface area contributed by atoms with Crippen LogP contribution in [0.15, 0.2) is 18.3 Å². The number of hydrogen-bond donors (Lipinski definition) is 2. The minimum Gasteiger partial charge on any atom is -0.506 e. The highest BCUT2D eigenvalue weighted by atomic mass is 16.5. The molecule has 0 saturated carbocycles. The third kappa shape index (κ3) is 2.33. The van der Waals surface area contributed by atoms with Gasteiger partial charge in [-0.1, -0.05) is 0 Å². The zero-order valence-electron chi connectivity index (χ0n) is 10.8. The maximum Gasteiger partial charge on any atom is 0.356 e. The third-order valence-electron chi connectivity index (χ3n) is 3.37. The topological polar surface area (TPSA) is 87.3 Å². The fourth-order valence-corrected chi connectivity index (χ4v) is 2.36. The van der Waals surface area contributed by atoms with E-state index in [1.807, 2.05) is 0 Å². The first-order valence-electron chi connectivity index (χ1n) is 6.38. The van der Waals surface area contributed by atoms with Gasteiger partial charge in [-0.25, -0.2) is 9.78 Å². The Labute approximate surface area is 115 Å². The van der Waals surface area contributed by atoms with Crippen LogP contribution in [0.2, 0.25) is 0 Å². The number of imidazole rings is 1. The molecule has 0 amide bonds. The van der Waals surface area contributed by atoms with Crippen molar-refractivity contribution in [2.24, 2.45) is 0 Å². The van der Waals surface area contributed by atoms with Crippen LogP contribution in [0.4, 0.5) is 0 Å². The monoisotopic (exact) mass is 277 g/mol. The summed E-state index contributed by atoms with van der Waals surface area (Å²) in [6.45, 7) is 3.44. The van der Waals surface area contributed by atoms with Crippen molar-refractivity contribution >= 4 is 11.5 Å². The molecule has 20 heavy (non-hydrogen) atoms. The van der Waals surface area contributed by atoms with Crippen molar-refractivity contribution in [3.63, 3.8) is 0 Å². The second kappa shape index (κ2) is 5.10. The van der Waals surface area contributed by atoms with Crippen molar-refractivity contribution in [3.8, 4) is 5.75 Å². The number of morpholine rings is 1. The lowest BCUT2D eigenvalue weighted by molar-refractivity contribution is 0.0329. The van der Waals surface area contributed by atoms with E-state index in [0.717, 1.165) is 13.1 Å². The van der Waals surface area contributed by atoms with Gasteiger partial charge in [-0.2, -0.15) is 0 Å². The Morgan fingerprint density at radius 3 is 2.80 bits per heavy atom. The summed E-state index contributed by atoms with van der Waals surface area (Å²) in [6.07, 6.45) is 1.49. The standard InChI is InChI=1S/C13H15N3O4/c17-9-1-2-10-12(13(18)19)14-11(16(10)7-9)8-15-3-5-20-6-4-15/h1-2,7,17H,3-6,8H2,(H,18,19). The number of ether oxygens (including phenoxy) is 1. The van der Waals surface area contributed by atoms with Gasteiger partial charge in [-0.3, -0.25) is 9.30 Å². The van der Waals surface area contributed by atoms with Crippen LogP contribution in [0.5, 0.6) is 5.75 Å². The summed E-state index contributed by atoms with van der Waals surface area (Å²) in [7, 11) is 0. The Morgan fingerprint density at radius 1 is 1.35 bits per heavy atom. The molecule has 0 radical (unpaired) electrons. The van der Waals surface area contributed by atoms with E-state index in [1.54, 1.807) is 10.5 Å². The maximum absolute atomic E-state index is 11.2. The normalized spacial score (nSPS) is 16.6. The van der Waals surface area contributed by atoms with Gasteiger partial charge in [0.05, 0.1) is 31.5 Å². The lowest BCUT2D eigenvalue weighted by Gasteiger charge is -2.25. The van der Waals surface area contributed by atoms with Crippen LogP contribution < -0.4 is 0 Å². The van der Waals surface area contributed by atoms with Crippen LogP contribution in [0, 0.1) is 0 Å². The van der Waals surface area contributed by atoms with Crippen molar-refractivity contribution in [2.75, 3.05) is 26.3 Å². The van der Waals surface area contributed by atoms with Crippen molar-refractivity contribution in [3.05, 3.63) is 29.8 Å². The fourth-order valence-electron chi connectivity index (χ4n) is 2.36. The summed E-state index contributed by atoms with van der Waals surface area (Å²) in [5, 5.41) is 18.8. The smallest absolute Gasteiger partial charge is 0.356 e. The minimum atomic E-state index is -1.07. The first kappa shape index (κ1) is 12.9. The summed E-state index contributed by atoms with van der Waals surface area (Å²) in [4.78, 5) is 17.6. The quantitative estimate of drug-likeness (QED) is 0.853. The van der Waals surface area contributed by atoms with Gasteiger partial charge in [0.25, 0.3) is 0 Å². The molecule has 0 spiro atoms. The molecule has 2 aromatic rings. The minimum absolute atomic E-state index is 0.00765. The Hall–Kier alpha value is -2.12. The third-order valence-corrected chi connectivity index (χ3v) is 3.37. The predicted octanol–water partition coefficient (Wildman–Crippen LogP) is 0.570. The summed E-state index contributed by atoms with van der Waals surface area (Å²) in [5.41, 5.74) is 0.492. The van der Waals surface area contributed by atoms with Gasteiger partial charge in [-0.15, -0.1) is 0 Å². The molecule has 1 saturated heterocycles. The summed E-state index contributed by atoms with van der Waals surface area (Å²) >= 11 is 0. The molecule has 1 fully saturated rings. The summed E-state index contributed by atoms with van der Waals surface area (Å²) < 4.78 is 6.92. The molecule has 0 bridgehead atoms. The van der Waals surface area contributed by atoms with E-state index in [-0.39, 0.29) is 11.4 Å². The Bertz CT molecular complexity index is 646. The van der Waals surface area contributed by atoms with Crippen molar-refractivity contribution in [2.45, 2.75) is 6.54 Å². The number of pyridine rings is 1. The van der Waals surface area contributed by atoms with E-state index >= 15 is 0 Å². The van der Waals surface area contributed by atoms with Crippen LogP contribution in [0.3, 0.4) is 0 Å². The van der Waals surface area contributed by atoms with E-state index in [9.17, 15) is 15.0 Å². The number of aromatic hydroxyl groups is 1. The molecule has 0 unspecified atom stereocenters. The van der Waals surface area contributed by atoms with Crippen LogP contribution in [-0.2, 0) is 11.3 Å². The summed E-state index contributed by atoms with van der Waals surface area (Å²) in [6, 6.07) is 3.02. The van der Waals surface area contributed by atoms with E-state index in [4.69, 9.17) is 4.74 Å². The highest BCUT2D eigenvalue weighted by Crippen LogP contribution is 2.19. The number of fused-ring (bicyclic) bond motifs is 1. The molecule has 3 rings (SSSR count). The second-order valence-corrected chi connectivity index (χ2v) is 4.71. The van der Waals surface area contributed by atoms with Gasteiger partial charge in [0.2, 0.25) is 0 Å². The maximum atomic E-state index is 11.2. The number of aromatic nitrogens is 2. The Morgan fingerprint density at radius 2 is 2.10 bits per heavy atom. The summed E-state index contributed by atoms with van der Waals surface area (Å²) in [5.74, 6) is -0.383. The molecule has 0 atom stereocenters. The molecule has 7 nitrogen and oxygen atoms in total. The second-order valence-electron chi connectivity index (χ2n) is 4.71. The van der Waals surface area contributed by atoms with E-state index in [1.165, 1.54) is 12.3 Å². The van der Waals surface area contributed by atoms with E-state index in [0.29, 0.717) is 31.1 Å². The highest BCUT2D eigenvalue weighted by Gasteiger charge is 2.19. The number of hydrogen-bond acceptors (Lipinski definition) is 5. The SMILES string of the molecule is O=C(O)c1nc(CN2CCOCC2)n2cc(O)ccc12. The molecule has 1 aliphatic heterocycles. The fraction of sp³-hybridized carbons (Fsp3) is 0.385. The van der Waals surface area contributed by atoms with Gasteiger partial charge in [0.1, 0.15) is 11.6 Å². The van der Waals surface area contributed by atoms with Gasteiger partial charge >= 0.3 is 5.97 Å². The first-order valence-corrected chi connectivity index (χ1v) is 6.38. The molecule has 106 valence electrons. The Balaban J connectivity index is 2.00. The molecule has 3 heterocycles. The molecular formula is C13H15N3O4. The zero-order valence-corrected chi connectivity index (χ0v) is 10.8. The number of carboxylic acid groups (broad SMARTS) is 1. The lowest BCUT2D eigenvalue weighted by atomic mass is 10.3. The molecule has 0 aromatic carbocycles. The number of rotatable bonds is 3. The van der Waals surface area contributed by atoms with Crippen molar-refractivity contribution in [1.82, 2.24) is 14.3 Å². The molecule has 2 aromatic heterocycles. The molecule has 7 heteroatoms. The van der Waals surface area contributed by atoms with Gasteiger partial charge < -0.3 is 14.9 Å². The van der Waals surface area contributed by atoms with Crippen LogP contribution in [0.25, 0.3) is 5.52 Å². The average molecular weight is 277 g/mol. The van der Waals surface area contributed by atoms with Crippen LogP contribution in [0.1, 0.15) is 16.3 Å². The molecule has 2 N–H and O–H groups in total. The van der Waals surface area contributed by atoms with E-state index < -0.39 is 5.97 Å². The number of carboxylic acids is 1. The van der Waals surface area contributed by atoms with Crippen molar-refractivity contribution < 1.29 is 19.7 Å². The number of aromatic carboxylic acids is 1. The van der Waals surface area contributed by atoms with Crippen molar-refractivity contribution in [1.29, 1.82) is 0 Å². The first-order chi connectivity index (χ1) is 9.65. The number of carbonyl (C=O) groups is 1. The molecule has 1 aliphatic rings. The Kier molecular flexibility index (Phi) is 3.29.